The molecule has 2 aliphatic rings. The highest BCUT2D eigenvalue weighted by molar-refractivity contribution is 5.96. The molecule has 0 saturated carbocycles. The van der Waals surface area contributed by atoms with Gasteiger partial charge in [-0.25, -0.2) is 10.5 Å². The number of nitrogens with zero attached hydrogens (tertiary/aromatic N) is 4. The number of hydrogen-bond donors (Lipinski definition) is 3. The van der Waals surface area contributed by atoms with Crippen molar-refractivity contribution in [2.75, 3.05) is 32.6 Å². The molecule has 1 aliphatic heterocycles. The maximum absolute atomic E-state index is 13.3. The van der Waals surface area contributed by atoms with Crippen LogP contribution in [0.1, 0.15) is 46.3 Å². The number of benzene rings is 2. The minimum atomic E-state index is -0.887. The lowest BCUT2D eigenvalue weighted by atomic mass is 9.84. The highest BCUT2D eigenvalue weighted by Gasteiger charge is 2.33. The van der Waals surface area contributed by atoms with Crippen LogP contribution in [0.4, 0.5) is 11.6 Å². The molecule has 3 N–H and O–H groups in total. The molecule has 0 atom stereocenters. The standard InChI is InChI=1S/C30H32N6O4/c1-35-13-11-30(39,12-14-35)21-7-4-8-22(16-21)32-29-31-17-24-26(37)25(28(38)34-40-2)18-36(27(24)33-29)23-10-9-19-5-3-6-20(19)15-23/h4,7-10,15-18,39H,3,5-6,11-14H2,1-2H3,(H,34,38)(H,31,32,33). The number of aryl methyl sites for hydroxylation is 2. The Bertz CT molecular complexity index is 1660. The molecular formula is C30H32N6O4. The minimum Gasteiger partial charge on any atom is -0.385 e. The van der Waals surface area contributed by atoms with Crippen LogP contribution in [-0.4, -0.2) is 57.7 Å². The molecule has 40 heavy (non-hydrogen) atoms. The normalized spacial score (nSPS) is 16.6. The predicted octanol–water partition coefficient (Wildman–Crippen LogP) is 3.22. The molecule has 6 rings (SSSR count). The van der Waals surface area contributed by atoms with Crippen molar-refractivity contribution in [2.24, 2.45) is 0 Å². The van der Waals surface area contributed by atoms with Gasteiger partial charge < -0.3 is 19.9 Å². The van der Waals surface area contributed by atoms with Crippen LogP contribution in [0.2, 0.25) is 0 Å². The Morgan fingerprint density at radius 2 is 1.90 bits per heavy atom. The fraction of sp³-hybridized carbons (Fsp3) is 0.333. The van der Waals surface area contributed by atoms with Crippen molar-refractivity contribution in [1.29, 1.82) is 0 Å². The minimum absolute atomic E-state index is 0.0711. The van der Waals surface area contributed by atoms with Crippen molar-refractivity contribution < 1.29 is 14.7 Å². The zero-order valence-corrected chi connectivity index (χ0v) is 22.6. The van der Waals surface area contributed by atoms with Gasteiger partial charge in [-0.1, -0.05) is 18.2 Å². The Balaban J connectivity index is 1.41. The van der Waals surface area contributed by atoms with E-state index in [2.05, 4.69) is 39.9 Å². The molecule has 0 spiro atoms. The molecule has 1 fully saturated rings. The number of hydroxylamine groups is 1. The molecule has 1 amide bonds. The van der Waals surface area contributed by atoms with Gasteiger partial charge in [0.05, 0.1) is 18.1 Å². The first-order valence-electron chi connectivity index (χ1n) is 13.5. The number of carbonyl (C=O) groups excluding carboxylic acids is 1. The first-order chi connectivity index (χ1) is 19.3. The zero-order chi connectivity index (χ0) is 27.9. The van der Waals surface area contributed by atoms with Crippen molar-refractivity contribution in [2.45, 2.75) is 37.7 Å². The lowest BCUT2D eigenvalue weighted by molar-refractivity contribution is -0.0202. The summed E-state index contributed by atoms with van der Waals surface area (Å²) < 4.78 is 1.75. The van der Waals surface area contributed by atoms with Crippen LogP contribution < -0.4 is 16.2 Å². The molecule has 206 valence electrons. The Labute approximate surface area is 231 Å². The Hall–Kier alpha value is -4.12. The van der Waals surface area contributed by atoms with Gasteiger partial charge in [0.2, 0.25) is 11.4 Å². The summed E-state index contributed by atoms with van der Waals surface area (Å²) in [6.07, 6.45) is 7.39. The predicted molar refractivity (Wildman–Crippen MR) is 152 cm³/mol. The third kappa shape index (κ3) is 4.85. The van der Waals surface area contributed by atoms with E-state index in [4.69, 9.17) is 9.82 Å². The van der Waals surface area contributed by atoms with E-state index in [-0.39, 0.29) is 10.9 Å². The topological polar surface area (TPSA) is 122 Å². The Kier molecular flexibility index (Phi) is 6.83. The number of amides is 1. The fourth-order valence-electron chi connectivity index (χ4n) is 5.68. The summed E-state index contributed by atoms with van der Waals surface area (Å²) in [4.78, 5) is 42.1. The second-order valence-corrected chi connectivity index (χ2v) is 10.7. The third-order valence-electron chi connectivity index (χ3n) is 8.01. The molecule has 0 bridgehead atoms. The van der Waals surface area contributed by atoms with Gasteiger partial charge in [0.1, 0.15) is 5.56 Å². The van der Waals surface area contributed by atoms with Crippen LogP contribution in [-0.2, 0) is 23.3 Å². The molecular weight excluding hydrogens is 508 g/mol. The van der Waals surface area contributed by atoms with Crippen molar-refractivity contribution >= 4 is 28.6 Å². The van der Waals surface area contributed by atoms with Crippen molar-refractivity contribution in [1.82, 2.24) is 24.9 Å². The van der Waals surface area contributed by atoms with Crippen molar-refractivity contribution in [3.8, 4) is 5.69 Å². The van der Waals surface area contributed by atoms with E-state index < -0.39 is 16.9 Å². The molecule has 0 radical (unpaired) electrons. The van der Waals surface area contributed by atoms with Gasteiger partial charge in [-0.15, -0.1) is 0 Å². The van der Waals surface area contributed by atoms with Gasteiger partial charge >= 0.3 is 0 Å². The number of carbonyl (C=O) groups is 1. The second-order valence-electron chi connectivity index (χ2n) is 10.7. The summed E-state index contributed by atoms with van der Waals surface area (Å²) >= 11 is 0. The van der Waals surface area contributed by atoms with Crippen LogP contribution in [0.3, 0.4) is 0 Å². The van der Waals surface area contributed by atoms with Gasteiger partial charge in [0, 0.05) is 36.9 Å². The van der Waals surface area contributed by atoms with Gasteiger partial charge in [0.15, 0.2) is 5.65 Å². The highest BCUT2D eigenvalue weighted by atomic mass is 16.6. The van der Waals surface area contributed by atoms with Gasteiger partial charge in [-0.2, -0.15) is 4.98 Å². The number of anilines is 2. The Morgan fingerprint density at radius 3 is 2.70 bits per heavy atom. The lowest BCUT2D eigenvalue weighted by Crippen LogP contribution is -2.40. The molecule has 10 nitrogen and oxygen atoms in total. The maximum Gasteiger partial charge on any atom is 0.280 e. The number of fused-ring (bicyclic) bond motifs is 2. The average molecular weight is 541 g/mol. The van der Waals surface area contributed by atoms with Crippen LogP contribution in [0.15, 0.2) is 59.7 Å². The monoisotopic (exact) mass is 540 g/mol. The van der Waals surface area contributed by atoms with Crippen molar-refractivity contribution in [3.05, 3.63) is 87.3 Å². The van der Waals surface area contributed by atoms with E-state index in [0.717, 1.165) is 49.3 Å². The molecule has 2 aromatic heterocycles. The number of aliphatic hydroxyl groups is 1. The quantitative estimate of drug-likeness (QED) is 0.319. The number of rotatable bonds is 6. The first-order valence-corrected chi connectivity index (χ1v) is 13.5. The summed E-state index contributed by atoms with van der Waals surface area (Å²) in [5.74, 6) is -0.349. The number of nitrogens with one attached hydrogen (secondary N) is 2. The molecule has 2 aromatic carbocycles. The largest absolute Gasteiger partial charge is 0.385 e. The summed E-state index contributed by atoms with van der Waals surface area (Å²) in [7, 11) is 3.38. The highest BCUT2D eigenvalue weighted by Crippen LogP contribution is 2.34. The van der Waals surface area contributed by atoms with Crippen LogP contribution in [0.25, 0.3) is 16.7 Å². The summed E-state index contributed by atoms with van der Waals surface area (Å²) in [6.45, 7) is 1.65. The number of hydrogen-bond acceptors (Lipinski definition) is 8. The van der Waals surface area contributed by atoms with E-state index >= 15 is 0 Å². The SMILES string of the molecule is CONC(=O)c1cn(-c2ccc3c(c2)CCC3)c2nc(Nc3cccc(C4(O)CCN(C)CC4)c3)ncc2c1=O. The number of piperidine rings is 1. The van der Waals surface area contributed by atoms with E-state index in [1.165, 1.54) is 30.6 Å². The fourth-order valence-corrected chi connectivity index (χ4v) is 5.68. The van der Waals surface area contributed by atoms with Gasteiger partial charge in [0.25, 0.3) is 5.91 Å². The van der Waals surface area contributed by atoms with E-state index in [1.54, 1.807) is 4.57 Å². The van der Waals surface area contributed by atoms with E-state index in [1.807, 2.05) is 30.3 Å². The lowest BCUT2D eigenvalue weighted by Gasteiger charge is -2.37. The first kappa shape index (κ1) is 26.1. The number of aromatic nitrogens is 3. The van der Waals surface area contributed by atoms with Crippen LogP contribution >= 0.6 is 0 Å². The molecule has 4 aromatic rings. The second kappa shape index (κ2) is 10.5. The molecule has 0 unspecified atom stereocenters. The number of pyridine rings is 1. The van der Waals surface area contributed by atoms with Gasteiger partial charge in [-0.3, -0.25) is 14.4 Å². The smallest absolute Gasteiger partial charge is 0.280 e. The van der Waals surface area contributed by atoms with Gasteiger partial charge in [-0.05, 0) is 80.1 Å². The average Bonchev–Trinajstić information content (AvgIpc) is 3.43. The summed E-state index contributed by atoms with van der Waals surface area (Å²) in [6, 6.07) is 13.8. The summed E-state index contributed by atoms with van der Waals surface area (Å²) in [5.41, 5.74) is 6.11. The molecule has 10 heteroatoms. The van der Waals surface area contributed by atoms with Crippen molar-refractivity contribution in [3.63, 3.8) is 0 Å². The summed E-state index contributed by atoms with van der Waals surface area (Å²) in [5, 5.41) is 14.7. The molecule has 3 heterocycles. The molecule has 1 aliphatic carbocycles. The number of likely N-dealkylation sites (tertiary alicyclic amines) is 1. The van der Waals surface area contributed by atoms with Crippen LogP contribution in [0.5, 0.6) is 0 Å². The van der Waals surface area contributed by atoms with Crippen LogP contribution in [0, 0.1) is 0 Å². The Morgan fingerprint density at radius 1 is 1.10 bits per heavy atom. The zero-order valence-electron chi connectivity index (χ0n) is 22.6. The maximum atomic E-state index is 13.3. The third-order valence-corrected chi connectivity index (χ3v) is 8.01. The van der Waals surface area contributed by atoms with E-state index in [9.17, 15) is 14.7 Å². The van der Waals surface area contributed by atoms with E-state index in [0.29, 0.717) is 24.4 Å². The molecule has 1 saturated heterocycles.